The molecule has 0 heterocycles. The molecule has 15 heavy (non-hydrogen) atoms. The molecule has 0 radical (unpaired) electrons. The number of halogens is 2. The van der Waals surface area contributed by atoms with Crippen LogP contribution in [0.15, 0.2) is 12.1 Å². The van der Waals surface area contributed by atoms with Crippen LogP contribution in [-0.4, -0.2) is 13.0 Å². The molecule has 0 fully saturated rings. The van der Waals surface area contributed by atoms with Crippen molar-refractivity contribution in [1.82, 2.24) is 0 Å². The van der Waals surface area contributed by atoms with Gasteiger partial charge in [-0.3, -0.25) is 0 Å². The van der Waals surface area contributed by atoms with Crippen LogP contribution in [0, 0.1) is 12.7 Å². The Balaban J connectivity index is 0.00000196. The Bertz CT molecular complexity index is 461. The molecule has 1 rings (SSSR count). The second kappa shape index (κ2) is 5.61. The van der Waals surface area contributed by atoms with E-state index in [1.165, 1.54) is 6.07 Å². The Morgan fingerprint density at radius 3 is 2.47 bits per heavy atom. The van der Waals surface area contributed by atoms with Crippen molar-refractivity contribution in [2.75, 3.05) is 0 Å². The predicted molar refractivity (Wildman–Crippen MR) is 49.5 cm³/mol. The van der Waals surface area contributed by atoms with Crippen molar-refractivity contribution in [2.45, 2.75) is 12.7 Å². The van der Waals surface area contributed by atoms with Crippen LogP contribution in [-0.2, 0) is 15.9 Å². The third-order valence-electron chi connectivity index (χ3n) is 1.70. The van der Waals surface area contributed by atoms with Crippen molar-refractivity contribution in [3.63, 3.8) is 0 Å². The fourth-order valence-corrected chi connectivity index (χ4v) is 1.96. The van der Waals surface area contributed by atoms with Crippen LogP contribution < -0.4 is 29.6 Å². The molecule has 7 heteroatoms. The Morgan fingerprint density at radius 2 is 2.00 bits per heavy atom. The maximum atomic E-state index is 13.1. The Morgan fingerprint density at radius 1 is 1.47 bits per heavy atom. The third-order valence-corrected chi connectivity index (χ3v) is 2.87. The second-order valence-corrected chi connectivity index (χ2v) is 4.64. The van der Waals surface area contributed by atoms with E-state index in [4.69, 9.17) is 11.6 Å². The van der Waals surface area contributed by atoms with Gasteiger partial charge in [0.15, 0.2) is 0 Å². The molecule has 0 aliphatic carbocycles. The van der Waals surface area contributed by atoms with Crippen LogP contribution in [0.25, 0.3) is 0 Å². The van der Waals surface area contributed by atoms with Gasteiger partial charge in [0.25, 0.3) is 0 Å². The molecule has 1 aromatic carbocycles. The van der Waals surface area contributed by atoms with E-state index in [9.17, 15) is 17.4 Å². The number of hydrogen-bond acceptors (Lipinski definition) is 3. The van der Waals surface area contributed by atoms with Gasteiger partial charge in [0.1, 0.15) is 5.82 Å². The first-order chi connectivity index (χ1) is 6.31. The van der Waals surface area contributed by atoms with Crippen molar-refractivity contribution >= 4 is 21.7 Å². The summed E-state index contributed by atoms with van der Waals surface area (Å²) in [6, 6.07) is 2.50. The van der Waals surface area contributed by atoms with Gasteiger partial charge in [-0.2, -0.15) is 0 Å². The molecule has 0 unspecified atom stereocenters. The number of benzene rings is 1. The number of hydrogen-bond donors (Lipinski definition) is 0. The van der Waals surface area contributed by atoms with Crippen molar-refractivity contribution in [2.24, 2.45) is 0 Å². The van der Waals surface area contributed by atoms with Crippen LogP contribution in [0.1, 0.15) is 11.1 Å². The first kappa shape index (κ1) is 15.3. The Kier molecular flexibility index (Phi) is 5.74. The molecular weight excluding hydrogens is 254 g/mol. The van der Waals surface area contributed by atoms with Gasteiger partial charge in [0, 0.05) is 5.56 Å². The SMILES string of the molecule is Cc1ccc(F)c(CS(=O)(=O)[O-])c1Cl.[Na+]. The molecule has 0 N–H and O–H groups in total. The minimum absolute atomic E-state index is 0. The van der Waals surface area contributed by atoms with Gasteiger partial charge >= 0.3 is 29.6 Å². The van der Waals surface area contributed by atoms with Crippen LogP contribution in [0.3, 0.4) is 0 Å². The minimum Gasteiger partial charge on any atom is -0.748 e. The molecule has 0 atom stereocenters. The fraction of sp³-hybridized carbons (Fsp3) is 0.250. The van der Waals surface area contributed by atoms with E-state index >= 15 is 0 Å². The predicted octanol–water partition coefficient (Wildman–Crippen LogP) is -1.16. The molecule has 3 nitrogen and oxygen atoms in total. The van der Waals surface area contributed by atoms with Crippen LogP contribution >= 0.6 is 11.6 Å². The molecule has 0 spiro atoms. The van der Waals surface area contributed by atoms with Gasteiger partial charge in [0.05, 0.1) is 20.9 Å². The van der Waals surface area contributed by atoms with E-state index in [0.717, 1.165) is 6.07 Å². The van der Waals surface area contributed by atoms with Crippen molar-refractivity contribution in [1.29, 1.82) is 0 Å². The van der Waals surface area contributed by atoms with Gasteiger partial charge in [-0.1, -0.05) is 17.7 Å². The average Bonchev–Trinajstić information content (AvgIpc) is 2.04. The standard InChI is InChI=1S/C8H8ClFO3S.Na/c1-5-2-3-7(10)6(8(5)9)4-14(11,12)13;/h2-3H,4H2,1H3,(H,11,12,13);/q;+1/p-1. The summed E-state index contributed by atoms with van der Waals surface area (Å²) in [5.41, 5.74) is 0.272. The smallest absolute Gasteiger partial charge is 0.748 e. The normalized spacial score (nSPS) is 10.9. The average molecular weight is 261 g/mol. The second-order valence-electron chi connectivity index (χ2n) is 2.86. The van der Waals surface area contributed by atoms with Crippen LogP contribution in [0.4, 0.5) is 4.39 Å². The van der Waals surface area contributed by atoms with Crippen LogP contribution in [0.2, 0.25) is 5.02 Å². The van der Waals surface area contributed by atoms with E-state index in [1.807, 2.05) is 0 Å². The topological polar surface area (TPSA) is 57.2 Å². The summed E-state index contributed by atoms with van der Waals surface area (Å²) >= 11 is 5.66. The molecule has 0 bridgehead atoms. The summed E-state index contributed by atoms with van der Waals surface area (Å²) in [7, 11) is -4.51. The largest absolute Gasteiger partial charge is 1.00 e. The summed E-state index contributed by atoms with van der Waals surface area (Å²) in [6.07, 6.45) is 0. The zero-order valence-electron chi connectivity index (χ0n) is 8.25. The number of rotatable bonds is 2. The van der Waals surface area contributed by atoms with Gasteiger partial charge in [0.2, 0.25) is 0 Å². The molecule has 0 aliphatic rings. The summed E-state index contributed by atoms with van der Waals surface area (Å²) in [5, 5.41) is -0.00979. The van der Waals surface area contributed by atoms with E-state index in [-0.39, 0.29) is 40.1 Å². The zero-order chi connectivity index (χ0) is 10.9. The first-order valence-electron chi connectivity index (χ1n) is 3.68. The molecule has 0 aromatic heterocycles. The van der Waals surface area contributed by atoms with Gasteiger partial charge < -0.3 is 4.55 Å². The summed E-state index contributed by atoms with van der Waals surface area (Å²) in [6.45, 7) is 1.60. The minimum atomic E-state index is -4.51. The fourth-order valence-electron chi connectivity index (χ4n) is 1.02. The van der Waals surface area contributed by atoms with Gasteiger partial charge in [-0.25, -0.2) is 12.8 Å². The van der Waals surface area contributed by atoms with Gasteiger partial charge in [-0.15, -0.1) is 0 Å². The maximum absolute atomic E-state index is 13.1. The van der Waals surface area contributed by atoms with Crippen molar-refractivity contribution in [3.8, 4) is 0 Å². The summed E-state index contributed by atoms with van der Waals surface area (Å²) in [4.78, 5) is 0. The summed E-state index contributed by atoms with van der Waals surface area (Å²) in [5.74, 6) is -1.70. The van der Waals surface area contributed by atoms with Crippen LogP contribution in [0.5, 0.6) is 0 Å². The number of aryl methyl sites for hydroxylation is 1. The van der Waals surface area contributed by atoms with Gasteiger partial charge in [-0.05, 0) is 18.6 Å². The molecule has 78 valence electrons. The molecule has 0 saturated heterocycles. The third kappa shape index (κ3) is 4.38. The van der Waals surface area contributed by atoms with E-state index < -0.39 is 21.7 Å². The maximum Gasteiger partial charge on any atom is 1.00 e. The van der Waals surface area contributed by atoms with E-state index in [2.05, 4.69) is 0 Å². The molecule has 0 saturated carbocycles. The quantitative estimate of drug-likeness (QED) is 0.498. The van der Waals surface area contributed by atoms with Crippen molar-refractivity contribution < 1.29 is 46.9 Å². The molecule has 0 aliphatic heterocycles. The monoisotopic (exact) mass is 260 g/mol. The zero-order valence-corrected chi connectivity index (χ0v) is 11.8. The van der Waals surface area contributed by atoms with E-state index in [0.29, 0.717) is 5.56 Å². The first-order valence-corrected chi connectivity index (χ1v) is 5.64. The Labute approximate surface area is 115 Å². The molecule has 1 aromatic rings. The molecule has 0 amide bonds. The molecular formula is C8H7ClFNaO3S. The summed E-state index contributed by atoms with van der Waals surface area (Å²) < 4.78 is 44.4. The van der Waals surface area contributed by atoms with Crippen molar-refractivity contribution in [3.05, 3.63) is 34.1 Å². The Hall–Kier alpha value is 0.350. The van der Waals surface area contributed by atoms with E-state index in [1.54, 1.807) is 6.92 Å².